The minimum atomic E-state index is 0.463. The van der Waals surface area contributed by atoms with Crippen molar-refractivity contribution < 1.29 is 4.74 Å². The minimum Gasteiger partial charge on any atom is -0.493 e. The van der Waals surface area contributed by atoms with Crippen molar-refractivity contribution in [2.75, 3.05) is 6.61 Å². The molecule has 0 aliphatic heterocycles. The number of ether oxygens (including phenoxy) is 1. The second-order valence-electron chi connectivity index (χ2n) is 4.67. The van der Waals surface area contributed by atoms with Crippen LogP contribution < -0.4 is 10.1 Å². The van der Waals surface area contributed by atoms with Gasteiger partial charge in [-0.3, -0.25) is 0 Å². The van der Waals surface area contributed by atoms with Crippen LogP contribution in [-0.4, -0.2) is 12.6 Å². The van der Waals surface area contributed by atoms with Crippen LogP contribution in [0.25, 0.3) is 0 Å². The smallest absolute Gasteiger partial charge is 0.126 e. The van der Waals surface area contributed by atoms with Gasteiger partial charge >= 0.3 is 0 Å². The van der Waals surface area contributed by atoms with E-state index >= 15 is 0 Å². The lowest BCUT2D eigenvalue weighted by Gasteiger charge is -2.16. The summed E-state index contributed by atoms with van der Waals surface area (Å²) in [6, 6.07) is 4.67. The van der Waals surface area contributed by atoms with E-state index in [0.29, 0.717) is 12.6 Å². The molecule has 0 bridgehead atoms. The van der Waals surface area contributed by atoms with Gasteiger partial charge in [0.15, 0.2) is 0 Å². The maximum atomic E-state index is 5.86. The topological polar surface area (TPSA) is 21.3 Å². The normalized spacial score (nSPS) is 10.7. The van der Waals surface area contributed by atoms with Crippen LogP contribution in [-0.2, 0) is 6.54 Å². The number of benzene rings is 1. The Balaban J connectivity index is 2.86. The molecule has 0 atom stereocenters. The van der Waals surface area contributed by atoms with Crippen LogP contribution in [0.3, 0.4) is 0 Å². The number of aryl methyl sites for hydroxylation is 1. The Morgan fingerprint density at radius 1 is 1.44 bits per heavy atom. The first kappa shape index (κ1) is 15.3. The summed E-state index contributed by atoms with van der Waals surface area (Å²) in [5, 5.41) is 3.43. The first-order chi connectivity index (χ1) is 8.54. The Hall–Kier alpha value is -0.800. The predicted octanol–water partition coefficient (Wildman–Crippen LogP) is 4.21. The van der Waals surface area contributed by atoms with Crippen molar-refractivity contribution in [1.29, 1.82) is 0 Å². The fourth-order valence-electron chi connectivity index (χ4n) is 1.70. The Kier molecular flexibility index (Phi) is 6.44. The zero-order chi connectivity index (χ0) is 13.5. The molecule has 0 radical (unpaired) electrons. The molecule has 0 aliphatic carbocycles. The second-order valence-corrected chi connectivity index (χ2v) is 5.59. The van der Waals surface area contributed by atoms with Gasteiger partial charge in [0, 0.05) is 22.6 Å². The van der Waals surface area contributed by atoms with Gasteiger partial charge in [0.1, 0.15) is 5.75 Å². The van der Waals surface area contributed by atoms with Gasteiger partial charge in [0.05, 0.1) is 6.61 Å². The molecule has 0 fully saturated rings. The zero-order valence-electron chi connectivity index (χ0n) is 11.4. The Bertz CT molecular complexity index is 402. The summed E-state index contributed by atoms with van der Waals surface area (Å²) in [5.41, 5.74) is 2.36. The fraction of sp³-hybridized carbons (Fsp3) is 0.467. The van der Waals surface area contributed by atoms with Gasteiger partial charge < -0.3 is 10.1 Å². The van der Waals surface area contributed by atoms with Crippen molar-refractivity contribution in [2.45, 2.75) is 39.8 Å². The van der Waals surface area contributed by atoms with Crippen molar-refractivity contribution in [3.8, 4) is 5.75 Å². The summed E-state index contributed by atoms with van der Waals surface area (Å²) in [6.45, 7) is 11.6. The van der Waals surface area contributed by atoms with Crippen LogP contribution in [0.5, 0.6) is 5.75 Å². The molecule has 0 aliphatic rings. The Morgan fingerprint density at radius 2 is 2.17 bits per heavy atom. The van der Waals surface area contributed by atoms with E-state index in [9.17, 15) is 0 Å². The van der Waals surface area contributed by atoms with E-state index in [0.717, 1.165) is 28.8 Å². The first-order valence-electron chi connectivity index (χ1n) is 6.30. The monoisotopic (exact) mass is 311 g/mol. The van der Waals surface area contributed by atoms with E-state index in [1.54, 1.807) is 0 Å². The van der Waals surface area contributed by atoms with E-state index in [2.05, 4.69) is 60.7 Å². The van der Waals surface area contributed by atoms with Gasteiger partial charge in [-0.15, -0.1) is 6.58 Å². The molecule has 0 unspecified atom stereocenters. The molecule has 100 valence electrons. The SMILES string of the molecule is C=CCCOc1c(C)cc(Br)cc1CNC(C)C. The molecule has 1 aromatic rings. The molecule has 1 N–H and O–H groups in total. The van der Waals surface area contributed by atoms with Crippen LogP contribution in [0.1, 0.15) is 31.4 Å². The molecule has 0 saturated heterocycles. The van der Waals surface area contributed by atoms with E-state index in [-0.39, 0.29) is 0 Å². The summed E-state index contributed by atoms with van der Waals surface area (Å²) >= 11 is 3.54. The molecule has 0 amide bonds. The molecule has 0 saturated carbocycles. The molecule has 0 heterocycles. The third-order valence-corrected chi connectivity index (χ3v) is 3.04. The highest BCUT2D eigenvalue weighted by Gasteiger charge is 2.09. The molecule has 3 heteroatoms. The van der Waals surface area contributed by atoms with Gasteiger partial charge in [-0.05, 0) is 31.0 Å². The first-order valence-corrected chi connectivity index (χ1v) is 7.10. The number of nitrogens with one attached hydrogen (secondary N) is 1. The molecular formula is C15H22BrNO. The van der Waals surface area contributed by atoms with Crippen molar-refractivity contribution >= 4 is 15.9 Å². The molecule has 0 aromatic heterocycles. The average molecular weight is 312 g/mol. The molecule has 1 aromatic carbocycles. The van der Waals surface area contributed by atoms with Gasteiger partial charge in [0.25, 0.3) is 0 Å². The van der Waals surface area contributed by atoms with E-state index in [1.807, 2.05) is 6.08 Å². The molecular weight excluding hydrogens is 290 g/mol. The second kappa shape index (κ2) is 7.59. The fourth-order valence-corrected chi connectivity index (χ4v) is 2.32. The van der Waals surface area contributed by atoms with Crippen molar-refractivity contribution in [3.05, 3.63) is 40.4 Å². The Morgan fingerprint density at radius 3 is 2.78 bits per heavy atom. The summed E-state index contributed by atoms with van der Waals surface area (Å²) in [6.07, 6.45) is 2.74. The van der Waals surface area contributed by atoms with Gasteiger partial charge in [0.2, 0.25) is 0 Å². The summed E-state index contributed by atoms with van der Waals surface area (Å²) in [5.74, 6) is 0.994. The third kappa shape index (κ3) is 4.83. The number of hydrogen-bond acceptors (Lipinski definition) is 2. The summed E-state index contributed by atoms with van der Waals surface area (Å²) in [4.78, 5) is 0. The predicted molar refractivity (Wildman–Crippen MR) is 81.2 cm³/mol. The molecule has 2 nitrogen and oxygen atoms in total. The number of hydrogen-bond donors (Lipinski definition) is 1. The van der Waals surface area contributed by atoms with Gasteiger partial charge in [-0.2, -0.15) is 0 Å². The van der Waals surface area contributed by atoms with Crippen molar-refractivity contribution in [2.24, 2.45) is 0 Å². The van der Waals surface area contributed by atoms with E-state index in [4.69, 9.17) is 4.74 Å². The lowest BCUT2D eigenvalue weighted by molar-refractivity contribution is 0.318. The highest BCUT2D eigenvalue weighted by atomic mass is 79.9. The van der Waals surface area contributed by atoms with Gasteiger partial charge in [-0.1, -0.05) is 35.9 Å². The highest BCUT2D eigenvalue weighted by Crippen LogP contribution is 2.28. The minimum absolute atomic E-state index is 0.463. The lowest BCUT2D eigenvalue weighted by atomic mass is 10.1. The van der Waals surface area contributed by atoms with Crippen LogP contribution in [0.2, 0.25) is 0 Å². The van der Waals surface area contributed by atoms with Crippen LogP contribution in [0.15, 0.2) is 29.3 Å². The number of halogens is 1. The van der Waals surface area contributed by atoms with Crippen LogP contribution in [0.4, 0.5) is 0 Å². The lowest BCUT2D eigenvalue weighted by Crippen LogP contribution is -2.22. The van der Waals surface area contributed by atoms with Crippen molar-refractivity contribution in [1.82, 2.24) is 5.32 Å². The molecule has 1 rings (SSSR count). The maximum Gasteiger partial charge on any atom is 0.126 e. The average Bonchev–Trinajstić information content (AvgIpc) is 2.29. The molecule has 18 heavy (non-hydrogen) atoms. The molecule has 0 spiro atoms. The number of rotatable bonds is 7. The Labute approximate surface area is 119 Å². The van der Waals surface area contributed by atoms with Crippen LogP contribution >= 0.6 is 15.9 Å². The van der Waals surface area contributed by atoms with Crippen LogP contribution in [0, 0.1) is 6.92 Å². The quantitative estimate of drug-likeness (QED) is 0.601. The largest absolute Gasteiger partial charge is 0.493 e. The summed E-state index contributed by atoms with van der Waals surface area (Å²) < 4.78 is 6.96. The third-order valence-electron chi connectivity index (χ3n) is 2.59. The zero-order valence-corrected chi connectivity index (χ0v) is 13.0. The van der Waals surface area contributed by atoms with Gasteiger partial charge in [-0.25, -0.2) is 0 Å². The maximum absolute atomic E-state index is 5.86. The summed E-state index contributed by atoms with van der Waals surface area (Å²) in [7, 11) is 0. The van der Waals surface area contributed by atoms with Crippen molar-refractivity contribution in [3.63, 3.8) is 0 Å². The standard InChI is InChI=1S/C15H22BrNO/c1-5-6-7-18-15-12(4)8-14(16)9-13(15)10-17-11(2)3/h5,8-9,11,17H,1,6-7,10H2,2-4H3. The highest BCUT2D eigenvalue weighted by molar-refractivity contribution is 9.10. The van der Waals surface area contributed by atoms with E-state index < -0.39 is 0 Å². The van der Waals surface area contributed by atoms with E-state index in [1.165, 1.54) is 5.56 Å².